The summed E-state index contributed by atoms with van der Waals surface area (Å²) in [5.74, 6) is 1.16. The van der Waals surface area contributed by atoms with Crippen molar-refractivity contribution >= 4 is 28.4 Å². The Morgan fingerprint density at radius 3 is 3.08 bits per heavy atom. The van der Waals surface area contributed by atoms with E-state index in [0.29, 0.717) is 6.04 Å². The fourth-order valence-corrected chi connectivity index (χ4v) is 2.49. The monoisotopic (exact) mass is 288 g/mol. The molecule has 0 spiro atoms. The zero-order valence-electron chi connectivity index (χ0n) is 7.70. The molecule has 1 aliphatic rings. The van der Waals surface area contributed by atoms with Crippen molar-refractivity contribution in [2.24, 2.45) is 0 Å². The van der Waals surface area contributed by atoms with Crippen LogP contribution in [0.25, 0.3) is 0 Å². The number of nitrogens with zero attached hydrogens (tertiary/aromatic N) is 2. The normalized spacial score (nSPS) is 22.3. The summed E-state index contributed by atoms with van der Waals surface area (Å²) in [6.07, 6.45) is 4.48. The number of anilines is 1. The molecule has 70 valence electrons. The second-order valence-electron chi connectivity index (χ2n) is 3.49. The summed E-state index contributed by atoms with van der Waals surface area (Å²) in [6.45, 7) is 3.44. The number of pyridine rings is 1. The Hall–Kier alpha value is -0.320. The molecular formula is C10H13IN2. The van der Waals surface area contributed by atoms with Crippen LogP contribution in [0.15, 0.2) is 18.3 Å². The molecule has 0 saturated carbocycles. The van der Waals surface area contributed by atoms with Gasteiger partial charge in [0.2, 0.25) is 0 Å². The molecule has 1 unspecified atom stereocenters. The summed E-state index contributed by atoms with van der Waals surface area (Å²) in [5, 5.41) is 0. The Kier molecular flexibility index (Phi) is 2.71. The zero-order valence-corrected chi connectivity index (χ0v) is 9.86. The Morgan fingerprint density at radius 2 is 2.46 bits per heavy atom. The largest absolute Gasteiger partial charge is 0.353 e. The van der Waals surface area contributed by atoms with Crippen molar-refractivity contribution in [3.05, 3.63) is 21.9 Å². The standard InChI is InChI=1S/C10H13IN2/c1-8-4-3-7-13(8)10-9(11)5-2-6-12-10/h2,5-6,8H,3-4,7H2,1H3. The first-order chi connectivity index (χ1) is 6.29. The molecular weight excluding hydrogens is 275 g/mol. The van der Waals surface area contributed by atoms with Crippen molar-refractivity contribution in [1.29, 1.82) is 0 Å². The van der Waals surface area contributed by atoms with Crippen LogP contribution in [-0.2, 0) is 0 Å². The molecule has 0 amide bonds. The van der Waals surface area contributed by atoms with Crippen LogP contribution in [0.1, 0.15) is 19.8 Å². The molecule has 0 N–H and O–H groups in total. The van der Waals surface area contributed by atoms with E-state index in [1.807, 2.05) is 12.3 Å². The lowest BCUT2D eigenvalue weighted by molar-refractivity contribution is 0.726. The van der Waals surface area contributed by atoms with Gasteiger partial charge in [0.05, 0.1) is 3.57 Å². The first-order valence-corrected chi connectivity index (χ1v) is 5.74. The number of hydrogen-bond acceptors (Lipinski definition) is 2. The fraction of sp³-hybridized carbons (Fsp3) is 0.500. The molecule has 2 nitrogen and oxygen atoms in total. The van der Waals surface area contributed by atoms with Crippen LogP contribution in [0.2, 0.25) is 0 Å². The van der Waals surface area contributed by atoms with E-state index >= 15 is 0 Å². The van der Waals surface area contributed by atoms with Gasteiger partial charge in [-0.2, -0.15) is 0 Å². The highest BCUT2D eigenvalue weighted by molar-refractivity contribution is 14.1. The maximum Gasteiger partial charge on any atom is 0.142 e. The van der Waals surface area contributed by atoms with Crippen LogP contribution >= 0.6 is 22.6 Å². The molecule has 1 aromatic rings. The van der Waals surface area contributed by atoms with Gasteiger partial charge in [-0.05, 0) is 54.5 Å². The molecule has 1 fully saturated rings. The first-order valence-electron chi connectivity index (χ1n) is 4.66. The van der Waals surface area contributed by atoms with Crippen molar-refractivity contribution in [3.63, 3.8) is 0 Å². The molecule has 1 atom stereocenters. The highest BCUT2D eigenvalue weighted by Gasteiger charge is 2.22. The smallest absolute Gasteiger partial charge is 0.142 e. The SMILES string of the molecule is CC1CCCN1c1ncccc1I. The molecule has 2 heterocycles. The van der Waals surface area contributed by atoms with Gasteiger partial charge in [0.15, 0.2) is 0 Å². The van der Waals surface area contributed by atoms with E-state index in [-0.39, 0.29) is 0 Å². The lowest BCUT2D eigenvalue weighted by Gasteiger charge is -2.23. The molecule has 0 radical (unpaired) electrons. The van der Waals surface area contributed by atoms with E-state index in [9.17, 15) is 0 Å². The molecule has 1 saturated heterocycles. The third kappa shape index (κ3) is 1.80. The molecule has 13 heavy (non-hydrogen) atoms. The van der Waals surface area contributed by atoms with Crippen LogP contribution in [0, 0.1) is 3.57 Å². The topological polar surface area (TPSA) is 16.1 Å². The molecule has 3 heteroatoms. The van der Waals surface area contributed by atoms with E-state index < -0.39 is 0 Å². The maximum atomic E-state index is 4.43. The van der Waals surface area contributed by atoms with Gasteiger partial charge >= 0.3 is 0 Å². The van der Waals surface area contributed by atoms with E-state index in [1.165, 1.54) is 16.4 Å². The van der Waals surface area contributed by atoms with Crippen molar-refractivity contribution in [3.8, 4) is 0 Å². The van der Waals surface area contributed by atoms with Crippen LogP contribution in [0.5, 0.6) is 0 Å². The highest BCUT2D eigenvalue weighted by Crippen LogP contribution is 2.26. The van der Waals surface area contributed by atoms with E-state index in [4.69, 9.17) is 0 Å². The van der Waals surface area contributed by atoms with Crippen molar-refractivity contribution < 1.29 is 0 Å². The maximum absolute atomic E-state index is 4.43. The summed E-state index contributed by atoms with van der Waals surface area (Å²) < 4.78 is 1.26. The molecule has 2 rings (SSSR count). The zero-order chi connectivity index (χ0) is 9.26. The van der Waals surface area contributed by atoms with E-state index in [0.717, 1.165) is 12.4 Å². The van der Waals surface area contributed by atoms with Gasteiger partial charge in [0.25, 0.3) is 0 Å². The van der Waals surface area contributed by atoms with Gasteiger partial charge in [-0.15, -0.1) is 0 Å². The summed E-state index contributed by atoms with van der Waals surface area (Å²) in [6, 6.07) is 4.77. The van der Waals surface area contributed by atoms with Gasteiger partial charge in [0.1, 0.15) is 5.82 Å². The van der Waals surface area contributed by atoms with E-state index in [1.54, 1.807) is 0 Å². The molecule has 1 aliphatic heterocycles. The summed E-state index contributed by atoms with van der Waals surface area (Å²) in [5.41, 5.74) is 0. The molecule has 0 aliphatic carbocycles. The third-order valence-corrected chi connectivity index (χ3v) is 3.41. The predicted octanol–water partition coefficient (Wildman–Crippen LogP) is 2.67. The summed E-state index contributed by atoms with van der Waals surface area (Å²) >= 11 is 2.36. The average Bonchev–Trinajstić information content (AvgIpc) is 2.52. The summed E-state index contributed by atoms with van der Waals surface area (Å²) in [4.78, 5) is 6.83. The van der Waals surface area contributed by atoms with Crippen molar-refractivity contribution in [1.82, 2.24) is 4.98 Å². The van der Waals surface area contributed by atoms with Gasteiger partial charge in [-0.1, -0.05) is 0 Å². The lowest BCUT2D eigenvalue weighted by atomic mass is 10.2. The minimum atomic E-state index is 0.656. The predicted molar refractivity (Wildman–Crippen MR) is 63.0 cm³/mol. The molecule has 1 aromatic heterocycles. The lowest BCUT2D eigenvalue weighted by Crippen LogP contribution is -2.27. The van der Waals surface area contributed by atoms with Crippen LogP contribution < -0.4 is 4.90 Å². The molecule has 0 bridgehead atoms. The van der Waals surface area contributed by atoms with Crippen LogP contribution in [0.3, 0.4) is 0 Å². The Balaban J connectivity index is 2.29. The number of halogens is 1. The minimum Gasteiger partial charge on any atom is -0.353 e. The average molecular weight is 288 g/mol. The highest BCUT2D eigenvalue weighted by atomic mass is 127. The van der Waals surface area contributed by atoms with Gasteiger partial charge in [-0.25, -0.2) is 4.98 Å². The number of aromatic nitrogens is 1. The second-order valence-corrected chi connectivity index (χ2v) is 4.66. The minimum absolute atomic E-state index is 0.656. The quantitative estimate of drug-likeness (QED) is 0.739. The Bertz CT molecular complexity index is 301. The second kappa shape index (κ2) is 3.82. The number of hydrogen-bond donors (Lipinski definition) is 0. The summed E-state index contributed by atoms with van der Waals surface area (Å²) in [7, 11) is 0. The van der Waals surface area contributed by atoms with Gasteiger partial charge in [0, 0.05) is 18.8 Å². The Morgan fingerprint density at radius 1 is 1.62 bits per heavy atom. The Labute approximate surface area is 92.5 Å². The molecule has 0 aromatic carbocycles. The number of rotatable bonds is 1. The van der Waals surface area contributed by atoms with Crippen molar-refractivity contribution in [2.45, 2.75) is 25.8 Å². The third-order valence-electron chi connectivity index (χ3n) is 2.56. The van der Waals surface area contributed by atoms with E-state index in [2.05, 4.69) is 45.5 Å². The first kappa shape index (κ1) is 9.24. The van der Waals surface area contributed by atoms with Crippen LogP contribution in [0.4, 0.5) is 5.82 Å². The fourth-order valence-electron chi connectivity index (χ4n) is 1.84. The van der Waals surface area contributed by atoms with Crippen molar-refractivity contribution in [2.75, 3.05) is 11.4 Å². The van der Waals surface area contributed by atoms with Crippen LogP contribution in [-0.4, -0.2) is 17.6 Å². The van der Waals surface area contributed by atoms with Gasteiger partial charge < -0.3 is 4.90 Å². The van der Waals surface area contributed by atoms with Gasteiger partial charge in [-0.3, -0.25) is 0 Å².